The van der Waals surface area contributed by atoms with Crippen molar-refractivity contribution in [3.63, 3.8) is 0 Å². The second kappa shape index (κ2) is 7.76. The molecule has 3 heterocycles. The number of nitrogens with one attached hydrogen (secondary N) is 1. The van der Waals surface area contributed by atoms with E-state index in [0.29, 0.717) is 38.8 Å². The van der Waals surface area contributed by atoms with Gasteiger partial charge in [0.1, 0.15) is 0 Å². The van der Waals surface area contributed by atoms with Crippen LogP contribution < -0.4 is 10.5 Å². The number of hydrogen-bond acceptors (Lipinski definition) is 6. The number of H-pyrrole nitrogens is 1. The van der Waals surface area contributed by atoms with Crippen LogP contribution in [0.4, 0.5) is 5.95 Å². The van der Waals surface area contributed by atoms with Crippen molar-refractivity contribution < 1.29 is 9.53 Å². The van der Waals surface area contributed by atoms with Gasteiger partial charge in [-0.05, 0) is 6.42 Å². The molecule has 2 aliphatic heterocycles. The highest BCUT2D eigenvalue weighted by molar-refractivity contribution is 5.78. The summed E-state index contributed by atoms with van der Waals surface area (Å²) in [4.78, 5) is 37.4. The highest BCUT2D eigenvalue weighted by atomic mass is 16.5. The van der Waals surface area contributed by atoms with Gasteiger partial charge in [0.05, 0.1) is 19.8 Å². The van der Waals surface area contributed by atoms with Crippen LogP contribution in [-0.4, -0.2) is 84.7 Å². The van der Waals surface area contributed by atoms with Crippen molar-refractivity contribution in [3.05, 3.63) is 22.1 Å². The van der Waals surface area contributed by atoms with Crippen molar-refractivity contribution in [2.75, 3.05) is 63.9 Å². The third kappa shape index (κ3) is 4.12. The van der Waals surface area contributed by atoms with Crippen LogP contribution in [0.5, 0.6) is 0 Å². The molecular formula is C16H25N5O3. The lowest BCUT2D eigenvalue weighted by Crippen LogP contribution is -2.52. The molecule has 1 aromatic rings. The number of aromatic nitrogens is 2. The second-order valence-electron chi connectivity index (χ2n) is 6.17. The average molecular weight is 335 g/mol. The van der Waals surface area contributed by atoms with E-state index in [0.717, 1.165) is 38.3 Å². The van der Waals surface area contributed by atoms with Gasteiger partial charge in [-0.1, -0.05) is 6.92 Å². The molecule has 2 saturated heterocycles. The van der Waals surface area contributed by atoms with Crippen LogP contribution in [0.3, 0.4) is 0 Å². The first kappa shape index (κ1) is 16.9. The van der Waals surface area contributed by atoms with Gasteiger partial charge in [-0.25, -0.2) is 4.98 Å². The molecule has 8 heteroatoms. The number of morpholine rings is 1. The van der Waals surface area contributed by atoms with Gasteiger partial charge in [-0.3, -0.25) is 19.5 Å². The summed E-state index contributed by atoms with van der Waals surface area (Å²) in [5.74, 6) is 0.810. The van der Waals surface area contributed by atoms with Gasteiger partial charge in [0.25, 0.3) is 5.56 Å². The zero-order chi connectivity index (χ0) is 16.9. The van der Waals surface area contributed by atoms with Crippen molar-refractivity contribution in [1.29, 1.82) is 0 Å². The summed E-state index contributed by atoms with van der Waals surface area (Å²) in [6.07, 6.45) is 0.741. The molecule has 0 atom stereocenters. The SMILES string of the molecule is CCc1cc(=O)[nH]c(N2CCN(CC(=O)N3CCOCC3)CC2)n1. The zero-order valence-corrected chi connectivity index (χ0v) is 14.2. The lowest BCUT2D eigenvalue weighted by molar-refractivity contribution is -0.136. The molecule has 1 amide bonds. The lowest BCUT2D eigenvalue weighted by Gasteiger charge is -2.36. The van der Waals surface area contributed by atoms with Crippen LogP contribution in [0, 0.1) is 0 Å². The first-order valence-electron chi connectivity index (χ1n) is 8.59. The molecule has 8 nitrogen and oxygen atoms in total. The maximum Gasteiger partial charge on any atom is 0.252 e. The van der Waals surface area contributed by atoms with E-state index in [9.17, 15) is 9.59 Å². The molecule has 1 aromatic heterocycles. The fraction of sp³-hybridized carbons (Fsp3) is 0.688. The summed E-state index contributed by atoms with van der Waals surface area (Å²) in [5.41, 5.74) is 0.695. The summed E-state index contributed by atoms with van der Waals surface area (Å²) >= 11 is 0. The molecule has 0 aliphatic carbocycles. The standard InChI is InChI=1S/C16H25N5O3/c1-2-13-11-14(22)18-16(17-13)21-5-3-19(4-6-21)12-15(23)20-7-9-24-10-8-20/h11H,2-10,12H2,1H3,(H,17,18,22). The Bertz CT molecular complexity index is 618. The van der Waals surface area contributed by atoms with Gasteiger partial charge in [-0.15, -0.1) is 0 Å². The van der Waals surface area contributed by atoms with Crippen LogP contribution in [0.25, 0.3) is 0 Å². The predicted octanol–water partition coefficient (Wildman–Crippen LogP) is -0.687. The second-order valence-corrected chi connectivity index (χ2v) is 6.17. The summed E-state index contributed by atoms with van der Waals surface area (Å²) in [5, 5.41) is 0. The Hall–Kier alpha value is -1.93. The van der Waals surface area contributed by atoms with Gasteiger partial charge in [-0.2, -0.15) is 0 Å². The van der Waals surface area contributed by atoms with Gasteiger partial charge in [0.15, 0.2) is 0 Å². The molecule has 2 aliphatic rings. The van der Waals surface area contributed by atoms with E-state index in [1.807, 2.05) is 11.8 Å². The van der Waals surface area contributed by atoms with E-state index in [-0.39, 0.29) is 11.5 Å². The Morgan fingerprint density at radius 1 is 1.21 bits per heavy atom. The maximum absolute atomic E-state index is 12.3. The molecule has 3 rings (SSSR count). The molecule has 0 aromatic carbocycles. The fourth-order valence-electron chi connectivity index (χ4n) is 3.05. The topological polar surface area (TPSA) is 81.8 Å². The predicted molar refractivity (Wildman–Crippen MR) is 90.3 cm³/mol. The maximum atomic E-state index is 12.3. The molecule has 0 spiro atoms. The van der Waals surface area contributed by atoms with E-state index in [2.05, 4.69) is 19.8 Å². The number of carbonyl (C=O) groups excluding carboxylic acids is 1. The Balaban J connectivity index is 1.53. The Labute approximate surface area is 141 Å². The van der Waals surface area contributed by atoms with Gasteiger partial charge < -0.3 is 14.5 Å². The first-order valence-corrected chi connectivity index (χ1v) is 8.59. The molecule has 0 unspecified atom stereocenters. The van der Waals surface area contributed by atoms with Gasteiger partial charge in [0, 0.05) is 51.0 Å². The molecule has 0 saturated carbocycles. The molecule has 0 bridgehead atoms. The highest BCUT2D eigenvalue weighted by Gasteiger charge is 2.23. The fourth-order valence-corrected chi connectivity index (χ4v) is 3.05. The van der Waals surface area contributed by atoms with Crippen LogP contribution in [0.2, 0.25) is 0 Å². The number of carbonyl (C=O) groups is 1. The van der Waals surface area contributed by atoms with Crippen molar-refractivity contribution in [2.45, 2.75) is 13.3 Å². The Kier molecular flexibility index (Phi) is 5.47. The smallest absolute Gasteiger partial charge is 0.252 e. The van der Waals surface area contributed by atoms with E-state index < -0.39 is 0 Å². The number of amides is 1. The minimum absolute atomic E-state index is 0.109. The number of anilines is 1. The summed E-state index contributed by atoms with van der Waals surface area (Å²) in [6.45, 7) is 8.17. The van der Waals surface area contributed by atoms with Crippen LogP contribution in [-0.2, 0) is 16.0 Å². The number of hydrogen-bond donors (Lipinski definition) is 1. The average Bonchev–Trinajstić information content (AvgIpc) is 2.62. The number of piperazine rings is 1. The third-order valence-electron chi connectivity index (χ3n) is 4.54. The number of aryl methyl sites for hydroxylation is 1. The molecular weight excluding hydrogens is 310 g/mol. The number of aromatic amines is 1. The Morgan fingerprint density at radius 2 is 1.92 bits per heavy atom. The van der Waals surface area contributed by atoms with Crippen molar-refractivity contribution in [1.82, 2.24) is 19.8 Å². The van der Waals surface area contributed by atoms with Crippen LogP contribution in [0.15, 0.2) is 10.9 Å². The van der Waals surface area contributed by atoms with Crippen molar-refractivity contribution in [3.8, 4) is 0 Å². The monoisotopic (exact) mass is 335 g/mol. The van der Waals surface area contributed by atoms with Gasteiger partial charge in [0.2, 0.25) is 11.9 Å². The molecule has 0 radical (unpaired) electrons. The van der Waals surface area contributed by atoms with Crippen molar-refractivity contribution >= 4 is 11.9 Å². The summed E-state index contributed by atoms with van der Waals surface area (Å²) in [6, 6.07) is 1.54. The minimum Gasteiger partial charge on any atom is -0.378 e. The normalized spacial score (nSPS) is 19.5. The number of ether oxygens (including phenoxy) is 1. The summed E-state index contributed by atoms with van der Waals surface area (Å²) in [7, 11) is 0. The largest absolute Gasteiger partial charge is 0.378 e. The summed E-state index contributed by atoms with van der Waals surface area (Å²) < 4.78 is 5.28. The first-order chi connectivity index (χ1) is 11.7. The molecule has 24 heavy (non-hydrogen) atoms. The highest BCUT2D eigenvalue weighted by Crippen LogP contribution is 2.11. The quantitative estimate of drug-likeness (QED) is 0.785. The third-order valence-corrected chi connectivity index (χ3v) is 4.54. The van der Waals surface area contributed by atoms with E-state index >= 15 is 0 Å². The minimum atomic E-state index is -0.109. The zero-order valence-electron chi connectivity index (χ0n) is 14.2. The Morgan fingerprint density at radius 3 is 2.58 bits per heavy atom. The lowest BCUT2D eigenvalue weighted by atomic mass is 10.3. The van der Waals surface area contributed by atoms with E-state index in [1.54, 1.807) is 6.07 Å². The van der Waals surface area contributed by atoms with Gasteiger partial charge >= 0.3 is 0 Å². The van der Waals surface area contributed by atoms with Crippen molar-refractivity contribution in [2.24, 2.45) is 0 Å². The molecule has 1 N–H and O–H groups in total. The van der Waals surface area contributed by atoms with Crippen LogP contribution in [0.1, 0.15) is 12.6 Å². The van der Waals surface area contributed by atoms with E-state index in [4.69, 9.17) is 4.74 Å². The number of rotatable bonds is 4. The number of nitrogens with zero attached hydrogens (tertiary/aromatic N) is 4. The van der Waals surface area contributed by atoms with Crippen LogP contribution >= 0.6 is 0 Å². The molecule has 132 valence electrons. The van der Waals surface area contributed by atoms with E-state index in [1.165, 1.54) is 0 Å². The molecule has 2 fully saturated rings.